The lowest BCUT2D eigenvalue weighted by atomic mass is 10.1. The summed E-state index contributed by atoms with van der Waals surface area (Å²) < 4.78 is 3.46. The average molecular weight is 288 g/mol. The molecular weight excluding hydrogens is 272 g/mol. The van der Waals surface area contributed by atoms with E-state index in [-0.39, 0.29) is 12.5 Å². The Bertz CT molecular complexity index is 674. The predicted molar refractivity (Wildman–Crippen MR) is 74.2 cm³/mol. The summed E-state index contributed by atoms with van der Waals surface area (Å²) in [6, 6.07) is 3.75. The van der Waals surface area contributed by atoms with Gasteiger partial charge in [-0.15, -0.1) is 0 Å². The molecule has 0 bridgehead atoms. The zero-order valence-electron chi connectivity index (χ0n) is 11.6. The van der Waals surface area contributed by atoms with Gasteiger partial charge in [0.15, 0.2) is 0 Å². The minimum atomic E-state index is -0.845. The van der Waals surface area contributed by atoms with Crippen molar-refractivity contribution in [1.29, 1.82) is 0 Å². The normalized spacial score (nSPS) is 18.1. The first-order valence-corrected chi connectivity index (χ1v) is 6.75. The van der Waals surface area contributed by atoms with Crippen LogP contribution < -0.4 is 0 Å². The second-order valence-corrected chi connectivity index (χ2v) is 5.17. The number of aromatic nitrogens is 3. The summed E-state index contributed by atoms with van der Waals surface area (Å²) in [5.41, 5.74) is 0.486. The highest BCUT2D eigenvalue weighted by molar-refractivity contribution is 5.97. The number of aryl methyl sites for hydroxylation is 1. The van der Waals surface area contributed by atoms with Gasteiger partial charge in [-0.3, -0.25) is 14.3 Å². The Labute approximate surface area is 121 Å². The van der Waals surface area contributed by atoms with Crippen molar-refractivity contribution in [3.8, 4) is 5.82 Å². The Kier molecular flexibility index (Phi) is 3.25. The van der Waals surface area contributed by atoms with Gasteiger partial charge in [-0.2, -0.15) is 5.10 Å². The van der Waals surface area contributed by atoms with E-state index >= 15 is 0 Å². The maximum absolute atomic E-state index is 12.6. The van der Waals surface area contributed by atoms with Gasteiger partial charge in [0.1, 0.15) is 11.4 Å². The molecule has 0 aliphatic carbocycles. The van der Waals surface area contributed by atoms with E-state index in [0.717, 1.165) is 0 Å². The summed E-state index contributed by atoms with van der Waals surface area (Å²) in [5, 5.41) is 13.2. The van der Waals surface area contributed by atoms with Crippen molar-refractivity contribution in [3.63, 3.8) is 0 Å². The number of carbonyl (C=O) groups excluding carboxylic acids is 1. The standard InChI is InChI=1S/C14H16N4O3/c1-16-12(17-5-2-3-6-17)11(8-15-16)13(19)18-7-4-10(9-18)14(20)21/h2-3,5-6,8,10H,4,7,9H2,1H3,(H,20,21)/t10-/m0/s1. The number of likely N-dealkylation sites (tertiary alicyclic amines) is 1. The average Bonchev–Trinajstić information content (AvgIpc) is 3.17. The first kappa shape index (κ1) is 13.4. The van der Waals surface area contributed by atoms with Crippen LogP contribution >= 0.6 is 0 Å². The first-order chi connectivity index (χ1) is 10.1. The molecule has 2 aromatic heterocycles. The Morgan fingerprint density at radius 1 is 1.33 bits per heavy atom. The molecule has 1 amide bonds. The maximum atomic E-state index is 12.6. The van der Waals surface area contributed by atoms with Gasteiger partial charge in [0, 0.05) is 32.5 Å². The number of aliphatic carboxylic acids is 1. The van der Waals surface area contributed by atoms with Gasteiger partial charge in [0.05, 0.1) is 12.1 Å². The lowest BCUT2D eigenvalue weighted by Crippen LogP contribution is -2.30. The molecule has 7 heteroatoms. The Hall–Kier alpha value is -2.57. The molecule has 7 nitrogen and oxygen atoms in total. The number of nitrogens with zero attached hydrogens (tertiary/aromatic N) is 4. The van der Waals surface area contributed by atoms with Crippen LogP contribution in [0.15, 0.2) is 30.7 Å². The molecule has 2 aromatic rings. The quantitative estimate of drug-likeness (QED) is 0.904. The van der Waals surface area contributed by atoms with E-state index in [4.69, 9.17) is 5.11 Å². The number of rotatable bonds is 3. The van der Waals surface area contributed by atoms with Crippen molar-refractivity contribution in [2.24, 2.45) is 13.0 Å². The molecule has 0 unspecified atom stereocenters. The fraction of sp³-hybridized carbons (Fsp3) is 0.357. The Balaban J connectivity index is 1.88. The molecular formula is C14H16N4O3. The number of hydrogen-bond acceptors (Lipinski definition) is 3. The van der Waals surface area contributed by atoms with E-state index in [1.165, 1.54) is 6.20 Å². The molecule has 0 saturated carbocycles. The molecule has 1 saturated heterocycles. The third-order valence-electron chi connectivity index (χ3n) is 3.81. The van der Waals surface area contributed by atoms with Gasteiger partial charge in [-0.05, 0) is 18.6 Å². The third kappa shape index (κ3) is 2.31. The monoisotopic (exact) mass is 288 g/mol. The Morgan fingerprint density at radius 3 is 2.67 bits per heavy atom. The molecule has 3 rings (SSSR count). The summed E-state index contributed by atoms with van der Waals surface area (Å²) in [6.45, 7) is 0.726. The number of hydrogen-bond donors (Lipinski definition) is 1. The van der Waals surface area contributed by atoms with Gasteiger partial charge < -0.3 is 14.6 Å². The molecule has 0 aromatic carbocycles. The number of carbonyl (C=O) groups is 2. The van der Waals surface area contributed by atoms with Crippen LogP contribution in [-0.4, -0.2) is 49.3 Å². The van der Waals surface area contributed by atoms with Crippen molar-refractivity contribution in [2.45, 2.75) is 6.42 Å². The van der Waals surface area contributed by atoms with Crippen molar-refractivity contribution in [1.82, 2.24) is 19.2 Å². The fourth-order valence-electron chi connectivity index (χ4n) is 2.68. The maximum Gasteiger partial charge on any atom is 0.308 e. The lowest BCUT2D eigenvalue weighted by Gasteiger charge is -2.16. The summed E-state index contributed by atoms with van der Waals surface area (Å²) in [4.78, 5) is 25.2. The largest absolute Gasteiger partial charge is 0.481 e. The summed E-state index contributed by atoms with van der Waals surface area (Å²) >= 11 is 0. The molecule has 3 heterocycles. The van der Waals surface area contributed by atoms with Crippen molar-refractivity contribution in [2.75, 3.05) is 13.1 Å². The molecule has 1 fully saturated rings. The van der Waals surface area contributed by atoms with Crippen LogP contribution in [0.1, 0.15) is 16.8 Å². The summed E-state index contributed by atoms with van der Waals surface area (Å²) in [5.74, 6) is -0.804. The molecule has 21 heavy (non-hydrogen) atoms. The fourth-order valence-corrected chi connectivity index (χ4v) is 2.68. The molecule has 110 valence electrons. The second kappa shape index (κ2) is 5.08. The van der Waals surface area contributed by atoms with E-state index in [1.54, 1.807) is 16.6 Å². The van der Waals surface area contributed by atoms with Crippen molar-refractivity contribution in [3.05, 3.63) is 36.3 Å². The van der Waals surface area contributed by atoms with Crippen LogP contribution in [0.3, 0.4) is 0 Å². The molecule has 0 radical (unpaired) electrons. The lowest BCUT2D eigenvalue weighted by molar-refractivity contribution is -0.141. The van der Waals surface area contributed by atoms with Gasteiger partial charge in [0.2, 0.25) is 0 Å². The van der Waals surface area contributed by atoms with Gasteiger partial charge in [-0.1, -0.05) is 0 Å². The molecule has 1 N–H and O–H groups in total. The topological polar surface area (TPSA) is 80.4 Å². The Morgan fingerprint density at radius 2 is 2.05 bits per heavy atom. The summed E-state index contributed by atoms with van der Waals surface area (Å²) in [7, 11) is 1.77. The zero-order chi connectivity index (χ0) is 15.0. The smallest absolute Gasteiger partial charge is 0.308 e. The minimum absolute atomic E-state index is 0.171. The highest BCUT2D eigenvalue weighted by atomic mass is 16.4. The van der Waals surface area contributed by atoms with E-state index in [1.807, 2.05) is 29.1 Å². The van der Waals surface area contributed by atoms with E-state index in [0.29, 0.717) is 24.3 Å². The molecule has 0 spiro atoms. The van der Waals surface area contributed by atoms with Crippen LogP contribution in [0.4, 0.5) is 0 Å². The molecule has 1 aliphatic heterocycles. The SMILES string of the molecule is Cn1ncc(C(=O)N2CC[C@H](C(=O)O)C2)c1-n1cccc1. The predicted octanol–water partition coefficient (Wildman–Crippen LogP) is 0.757. The zero-order valence-corrected chi connectivity index (χ0v) is 11.6. The van der Waals surface area contributed by atoms with Crippen LogP contribution in [0.25, 0.3) is 5.82 Å². The first-order valence-electron chi connectivity index (χ1n) is 6.75. The number of carboxylic acids is 1. The third-order valence-corrected chi connectivity index (χ3v) is 3.81. The number of amides is 1. The summed E-state index contributed by atoms with van der Waals surface area (Å²) in [6.07, 6.45) is 5.72. The van der Waals surface area contributed by atoms with Crippen LogP contribution in [-0.2, 0) is 11.8 Å². The van der Waals surface area contributed by atoms with Gasteiger partial charge in [-0.25, -0.2) is 0 Å². The van der Waals surface area contributed by atoms with Crippen LogP contribution in [0.2, 0.25) is 0 Å². The van der Waals surface area contributed by atoms with Crippen LogP contribution in [0.5, 0.6) is 0 Å². The van der Waals surface area contributed by atoms with E-state index in [2.05, 4.69) is 5.10 Å². The van der Waals surface area contributed by atoms with Gasteiger partial charge >= 0.3 is 5.97 Å². The highest BCUT2D eigenvalue weighted by Crippen LogP contribution is 2.22. The minimum Gasteiger partial charge on any atom is -0.481 e. The number of carboxylic acid groups (broad SMARTS) is 1. The van der Waals surface area contributed by atoms with Gasteiger partial charge in [0.25, 0.3) is 5.91 Å². The second-order valence-electron chi connectivity index (χ2n) is 5.17. The van der Waals surface area contributed by atoms with E-state index in [9.17, 15) is 9.59 Å². The highest BCUT2D eigenvalue weighted by Gasteiger charge is 2.33. The van der Waals surface area contributed by atoms with Crippen molar-refractivity contribution < 1.29 is 14.7 Å². The van der Waals surface area contributed by atoms with E-state index < -0.39 is 11.9 Å². The van der Waals surface area contributed by atoms with Crippen LogP contribution in [0, 0.1) is 5.92 Å². The molecule has 1 aliphatic rings. The molecule has 1 atom stereocenters. The van der Waals surface area contributed by atoms with Crippen molar-refractivity contribution >= 4 is 11.9 Å².